The molecule has 0 amide bonds. The number of carbonyl (C=O) groups is 1. The molecule has 0 unspecified atom stereocenters. The molecule has 2 aromatic carbocycles. The fourth-order valence-corrected chi connectivity index (χ4v) is 5.69. The average Bonchev–Trinajstić information content (AvgIpc) is 3.29. The third-order valence-corrected chi connectivity index (χ3v) is 8.09. The maximum Gasteiger partial charge on any atom is 0.490 e. The number of carboxylic acids is 1. The van der Waals surface area contributed by atoms with Crippen LogP contribution in [0, 0.1) is 5.82 Å². The molecule has 17 heteroatoms. The van der Waals surface area contributed by atoms with Crippen LogP contribution in [0.2, 0.25) is 0 Å². The van der Waals surface area contributed by atoms with Gasteiger partial charge in [0.2, 0.25) is 0 Å². The molecule has 0 saturated carbocycles. The molecule has 1 saturated heterocycles. The first-order valence-corrected chi connectivity index (χ1v) is 11.5. The Hall–Kier alpha value is -2.95. The van der Waals surface area contributed by atoms with Crippen LogP contribution in [0.25, 0.3) is 0 Å². The molecule has 0 aliphatic carbocycles. The van der Waals surface area contributed by atoms with Gasteiger partial charge in [-0.25, -0.2) is 22.0 Å². The van der Waals surface area contributed by atoms with Gasteiger partial charge >= 0.3 is 30.2 Å². The molecule has 5 nitrogen and oxygen atoms in total. The van der Waals surface area contributed by atoms with E-state index in [1.54, 1.807) is 0 Å². The van der Waals surface area contributed by atoms with E-state index in [1.807, 2.05) is 0 Å². The third-order valence-electron chi connectivity index (χ3n) is 5.59. The van der Waals surface area contributed by atoms with Crippen molar-refractivity contribution >= 4 is 15.8 Å². The van der Waals surface area contributed by atoms with Crippen molar-refractivity contribution in [2.75, 3.05) is 13.1 Å². The van der Waals surface area contributed by atoms with Gasteiger partial charge in [-0.15, -0.1) is 0 Å². The standard InChI is InChI=1S/C19H15F8NO2S.C2HF3O2/c20-14-5-7-15(8-6-14)31(29,30)16(9-10-28-11-16)12-1-3-13(4-2-12)17(21,18(22,23)24)19(25,26)27;3-2(4,5)1(6)7/h1-8,28H,9-11H2;(H,6,7)/t16-;/m0./s1. The molecular weight excluding hydrogens is 571 g/mol. The number of rotatable bonds is 4. The second-order valence-electron chi connectivity index (χ2n) is 7.91. The maximum atomic E-state index is 14.3. The predicted octanol–water partition coefficient (Wildman–Crippen LogP) is 5.41. The molecule has 2 aromatic rings. The summed E-state index contributed by atoms with van der Waals surface area (Å²) in [6.07, 6.45) is -17.7. The average molecular weight is 587 g/mol. The summed E-state index contributed by atoms with van der Waals surface area (Å²) in [6.45, 7) is 0.00565. The van der Waals surface area contributed by atoms with Crippen molar-refractivity contribution in [3.8, 4) is 0 Å². The number of aliphatic carboxylic acids is 1. The number of halogens is 11. The van der Waals surface area contributed by atoms with Gasteiger partial charge in [0.25, 0.3) is 0 Å². The minimum Gasteiger partial charge on any atom is -0.475 e. The van der Waals surface area contributed by atoms with Gasteiger partial charge in [-0.1, -0.05) is 24.3 Å². The van der Waals surface area contributed by atoms with Crippen LogP contribution >= 0.6 is 0 Å². The number of carboxylic acid groups (broad SMARTS) is 1. The molecule has 2 N–H and O–H groups in total. The normalized spacial score (nSPS) is 19.0. The van der Waals surface area contributed by atoms with Crippen molar-refractivity contribution in [3.63, 3.8) is 0 Å². The molecule has 1 aliphatic heterocycles. The van der Waals surface area contributed by atoms with Gasteiger partial charge in [0.15, 0.2) is 9.84 Å². The molecule has 3 rings (SSSR count). The van der Waals surface area contributed by atoms with E-state index in [4.69, 9.17) is 9.90 Å². The summed E-state index contributed by atoms with van der Waals surface area (Å²) in [7, 11) is -4.24. The summed E-state index contributed by atoms with van der Waals surface area (Å²) in [5, 5.41) is 9.93. The quantitative estimate of drug-likeness (QED) is 0.370. The van der Waals surface area contributed by atoms with Gasteiger partial charge in [-0.2, -0.15) is 39.5 Å². The largest absolute Gasteiger partial charge is 0.490 e. The van der Waals surface area contributed by atoms with Crippen LogP contribution in [0.4, 0.5) is 48.3 Å². The molecule has 212 valence electrons. The predicted molar refractivity (Wildman–Crippen MR) is 108 cm³/mol. The van der Waals surface area contributed by atoms with Crippen LogP contribution in [0.3, 0.4) is 0 Å². The van der Waals surface area contributed by atoms with Crippen LogP contribution in [-0.2, 0) is 25.0 Å². The number of nitrogens with one attached hydrogen (secondary N) is 1. The van der Waals surface area contributed by atoms with E-state index in [9.17, 15) is 56.7 Å². The second kappa shape index (κ2) is 10.3. The Balaban J connectivity index is 0.000000638. The van der Waals surface area contributed by atoms with Crippen molar-refractivity contribution in [3.05, 3.63) is 65.5 Å². The molecule has 38 heavy (non-hydrogen) atoms. The first kappa shape index (κ1) is 31.3. The van der Waals surface area contributed by atoms with E-state index in [2.05, 4.69) is 5.32 Å². The molecule has 1 atom stereocenters. The number of alkyl halides is 10. The highest BCUT2D eigenvalue weighted by Gasteiger charge is 2.73. The Labute approximate surface area is 207 Å². The summed E-state index contributed by atoms with van der Waals surface area (Å²) in [6, 6.07) is 5.92. The fraction of sp³-hybridized carbons (Fsp3) is 0.381. The van der Waals surface area contributed by atoms with Gasteiger partial charge in [-0.05, 0) is 42.8 Å². The fourth-order valence-electron chi connectivity index (χ4n) is 3.63. The highest BCUT2D eigenvalue weighted by atomic mass is 32.2. The van der Waals surface area contributed by atoms with Gasteiger partial charge in [0.1, 0.15) is 10.6 Å². The topological polar surface area (TPSA) is 83.5 Å². The lowest BCUT2D eigenvalue weighted by molar-refractivity contribution is -0.348. The van der Waals surface area contributed by atoms with Crippen molar-refractivity contribution in [1.29, 1.82) is 0 Å². The van der Waals surface area contributed by atoms with Crippen molar-refractivity contribution in [1.82, 2.24) is 5.32 Å². The van der Waals surface area contributed by atoms with Crippen LogP contribution < -0.4 is 5.32 Å². The van der Waals surface area contributed by atoms with Crippen molar-refractivity contribution in [2.45, 2.75) is 40.3 Å². The molecule has 0 aromatic heterocycles. The third kappa shape index (κ3) is 5.72. The van der Waals surface area contributed by atoms with Crippen molar-refractivity contribution < 1.29 is 66.6 Å². The van der Waals surface area contributed by atoms with Gasteiger partial charge < -0.3 is 10.4 Å². The van der Waals surface area contributed by atoms with Crippen LogP contribution in [0.5, 0.6) is 0 Å². The lowest BCUT2D eigenvalue weighted by atomic mass is 9.90. The van der Waals surface area contributed by atoms with Crippen LogP contribution in [-0.4, -0.2) is 51.1 Å². The zero-order valence-electron chi connectivity index (χ0n) is 18.5. The summed E-state index contributed by atoms with van der Waals surface area (Å²) in [5.74, 6) is -3.45. The van der Waals surface area contributed by atoms with E-state index in [0.29, 0.717) is 0 Å². The first-order valence-electron chi connectivity index (χ1n) is 10.1. The lowest BCUT2D eigenvalue weighted by Gasteiger charge is -2.32. The van der Waals surface area contributed by atoms with E-state index in [-0.39, 0.29) is 42.1 Å². The smallest absolute Gasteiger partial charge is 0.475 e. The van der Waals surface area contributed by atoms with Crippen LogP contribution in [0.1, 0.15) is 17.5 Å². The zero-order chi connectivity index (χ0) is 29.4. The monoisotopic (exact) mass is 587 g/mol. The first-order chi connectivity index (χ1) is 17.1. The van der Waals surface area contributed by atoms with Gasteiger partial charge in [0, 0.05) is 12.1 Å². The minimum absolute atomic E-state index is 0.0502. The van der Waals surface area contributed by atoms with E-state index >= 15 is 0 Å². The zero-order valence-corrected chi connectivity index (χ0v) is 19.3. The Kier molecular flexibility index (Phi) is 8.49. The molecule has 1 aliphatic rings. The SMILES string of the molecule is O=C(O)C(F)(F)F.O=S(=O)(c1ccc(F)cc1)[C@@]1(c2ccc(C(F)(C(F)(F)F)C(F)(F)F)cc2)CCNC1. The van der Waals surface area contributed by atoms with Gasteiger partial charge in [-0.3, -0.25) is 0 Å². The Bertz CT molecular complexity index is 1220. The summed E-state index contributed by atoms with van der Waals surface area (Å²) >= 11 is 0. The summed E-state index contributed by atoms with van der Waals surface area (Å²) in [4.78, 5) is 8.62. The molecule has 1 heterocycles. The number of sulfone groups is 1. The second-order valence-corrected chi connectivity index (χ2v) is 10.2. The molecule has 1 fully saturated rings. The maximum absolute atomic E-state index is 14.3. The highest BCUT2D eigenvalue weighted by molar-refractivity contribution is 7.92. The minimum atomic E-state index is -6.28. The Morgan fingerprint density at radius 1 is 0.816 bits per heavy atom. The number of hydrogen-bond acceptors (Lipinski definition) is 4. The molecule has 0 bridgehead atoms. The highest BCUT2D eigenvalue weighted by Crippen LogP contribution is 2.53. The Morgan fingerprint density at radius 3 is 1.61 bits per heavy atom. The van der Waals surface area contributed by atoms with Gasteiger partial charge in [0.05, 0.1) is 4.90 Å². The number of benzene rings is 2. The molecular formula is C21H16F11NO4S. The van der Waals surface area contributed by atoms with E-state index < -0.39 is 56.1 Å². The summed E-state index contributed by atoms with van der Waals surface area (Å²) in [5.41, 5.74) is -7.44. The molecule has 0 spiro atoms. The lowest BCUT2D eigenvalue weighted by Crippen LogP contribution is -2.50. The molecule has 0 radical (unpaired) electrons. The van der Waals surface area contributed by atoms with E-state index in [1.165, 1.54) is 0 Å². The summed E-state index contributed by atoms with van der Waals surface area (Å²) < 4.78 is 162. The Morgan fingerprint density at radius 2 is 1.26 bits per heavy atom. The van der Waals surface area contributed by atoms with E-state index in [0.717, 1.165) is 36.4 Å². The number of hydrogen-bond donors (Lipinski definition) is 2. The van der Waals surface area contributed by atoms with Crippen molar-refractivity contribution in [2.24, 2.45) is 0 Å². The van der Waals surface area contributed by atoms with Crippen LogP contribution in [0.15, 0.2) is 53.4 Å².